The van der Waals surface area contributed by atoms with E-state index in [4.69, 9.17) is 4.74 Å². The highest BCUT2D eigenvalue weighted by molar-refractivity contribution is 7.89. The summed E-state index contributed by atoms with van der Waals surface area (Å²) < 4.78 is 32.3. The van der Waals surface area contributed by atoms with Crippen molar-refractivity contribution in [3.8, 4) is 5.75 Å². The third-order valence-corrected chi connectivity index (χ3v) is 5.38. The van der Waals surface area contributed by atoms with Gasteiger partial charge in [-0.15, -0.1) is 0 Å². The molecule has 1 N–H and O–H groups in total. The van der Waals surface area contributed by atoms with Crippen LogP contribution in [0, 0.1) is 0 Å². The molecule has 0 heterocycles. The van der Waals surface area contributed by atoms with Gasteiger partial charge in [-0.2, -0.15) is 0 Å². The number of anilines is 1. The van der Waals surface area contributed by atoms with Gasteiger partial charge >= 0.3 is 0 Å². The molecule has 0 fully saturated rings. The second kappa shape index (κ2) is 10.1. The SMILES string of the molecule is CCOc1ccc(N(CCNS(=O)(=O)CCc2ccccc2)C(C)=O)cc1. The molecule has 0 aliphatic heterocycles. The fourth-order valence-electron chi connectivity index (χ4n) is 2.64. The van der Waals surface area contributed by atoms with Crippen LogP contribution in [0.4, 0.5) is 5.69 Å². The largest absolute Gasteiger partial charge is 0.494 e. The molecule has 27 heavy (non-hydrogen) atoms. The van der Waals surface area contributed by atoms with E-state index < -0.39 is 10.0 Å². The Morgan fingerprint density at radius 2 is 1.74 bits per heavy atom. The van der Waals surface area contributed by atoms with Gasteiger partial charge in [-0.3, -0.25) is 4.79 Å². The van der Waals surface area contributed by atoms with Gasteiger partial charge in [0.05, 0.1) is 12.4 Å². The van der Waals surface area contributed by atoms with Crippen molar-refractivity contribution in [2.75, 3.05) is 30.3 Å². The molecule has 0 radical (unpaired) electrons. The van der Waals surface area contributed by atoms with Gasteiger partial charge in [0.2, 0.25) is 15.9 Å². The van der Waals surface area contributed by atoms with E-state index in [0.29, 0.717) is 18.7 Å². The lowest BCUT2D eigenvalue weighted by molar-refractivity contribution is -0.116. The molecule has 146 valence electrons. The Balaban J connectivity index is 1.88. The monoisotopic (exact) mass is 390 g/mol. The lowest BCUT2D eigenvalue weighted by Gasteiger charge is -2.21. The second-order valence-corrected chi connectivity index (χ2v) is 7.97. The Hall–Kier alpha value is -2.38. The van der Waals surface area contributed by atoms with E-state index in [9.17, 15) is 13.2 Å². The third-order valence-electron chi connectivity index (χ3n) is 4.00. The summed E-state index contributed by atoms with van der Waals surface area (Å²) in [7, 11) is -3.41. The molecular weight excluding hydrogens is 364 g/mol. The van der Waals surface area contributed by atoms with Crippen molar-refractivity contribution >= 4 is 21.6 Å². The van der Waals surface area contributed by atoms with Crippen LogP contribution in [-0.4, -0.2) is 39.8 Å². The molecule has 2 aromatic carbocycles. The first-order valence-corrected chi connectivity index (χ1v) is 10.6. The summed E-state index contributed by atoms with van der Waals surface area (Å²) in [5, 5.41) is 0. The van der Waals surface area contributed by atoms with E-state index in [1.165, 1.54) is 11.8 Å². The van der Waals surface area contributed by atoms with Crippen LogP contribution in [0.1, 0.15) is 19.4 Å². The number of nitrogens with one attached hydrogen (secondary N) is 1. The maximum absolute atomic E-state index is 12.2. The highest BCUT2D eigenvalue weighted by Gasteiger charge is 2.14. The van der Waals surface area contributed by atoms with E-state index in [0.717, 1.165) is 11.3 Å². The van der Waals surface area contributed by atoms with Gasteiger partial charge in [-0.25, -0.2) is 13.1 Å². The average Bonchev–Trinajstić information content (AvgIpc) is 2.65. The van der Waals surface area contributed by atoms with Crippen molar-refractivity contribution < 1.29 is 17.9 Å². The van der Waals surface area contributed by atoms with Crippen molar-refractivity contribution in [2.45, 2.75) is 20.3 Å². The molecule has 7 heteroatoms. The van der Waals surface area contributed by atoms with E-state index in [-0.39, 0.29) is 24.7 Å². The molecule has 0 saturated heterocycles. The van der Waals surface area contributed by atoms with Crippen molar-refractivity contribution in [3.63, 3.8) is 0 Å². The number of aryl methyl sites for hydroxylation is 1. The van der Waals surface area contributed by atoms with Crippen LogP contribution >= 0.6 is 0 Å². The molecule has 0 unspecified atom stereocenters. The molecular formula is C20H26N2O4S. The molecule has 0 atom stereocenters. The second-order valence-electron chi connectivity index (χ2n) is 6.05. The van der Waals surface area contributed by atoms with Crippen LogP contribution < -0.4 is 14.4 Å². The zero-order chi connectivity index (χ0) is 19.7. The number of rotatable bonds is 10. The van der Waals surface area contributed by atoms with Gasteiger partial charge in [0, 0.05) is 25.7 Å². The van der Waals surface area contributed by atoms with Crippen LogP contribution in [0.2, 0.25) is 0 Å². The van der Waals surface area contributed by atoms with Crippen LogP contribution in [0.3, 0.4) is 0 Å². The molecule has 0 saturated carbocycles. The molecule has 0 aliphatic rings. The zero-order valence-corrected chi connectivity index (χ0v) is 16.5. The van der Waals surface area contributed by atoms with Crippen molar-refractivity contribution in [1.29, 1.82) is 0 Å². The van der Waals surface area contributed by atoms with Gasteiger partial charge in [-0.1, -0.05) is 30.3 Å². The van der Waals surface area contributed by atoms with Gasteiger partial charge < -0.3 is 9.64 Å². The Labute approximate surface area is 161 Å². The number of nitrogens with zero attached hydrogens (tertiary/aromatic N) is 1. The molecule has 6 nitrogen and oxygen atoms in total. The minimum atomic E-state index is -3.41. The number of ether oxygens (including phenoxy) is 1. The zero-order valence-electron chi connectivity index (χ0n) is 15.7. The number of amides is 1. The Kier molecular flexibility index (Phi) is 7.82. The normalized spacial score (nSPS) is 11.2. The van der Waals surface area contributed by atoms with E-state index >= 15 is 0 Å². The van der Waals surface area contributed by atoms with Crippen molar-refractivity contribution in [2.24, 2.45) is 0 Å². The van der Waals surface area contributed by atoms with Crippen molar-refractivity contribution in [1.82, 2.24) is 4.72 Å². The first-order chi connectivity index (χ1) is 12.9. The number of hydrogen-bond acceptors (Lipinski definition) is 4. The fraction of sp³-hybridized carbons (Fsp3) is 0.350. The number of carbonyl (C=O) groups excluding carboxylic acids is 1. The summed E-state index contributed by atoms with van der Waals surface area (Å²) in [5.41, 5.74) is 1.68. The topological polar surface area (TPSA) is 75.7 Å². The molecule has 0 spiro atoms. The first-order valence-electron chi connectivity index (χ1n) is 8.93. The quantitative estimate of drug-likeness (QED) is 0.677. The molecule has 0 aliphatic carbocycles. The lowest BCUT2D eigenvalue weighted by atomic mass is 10.2. The first kappa shape index (κ1) is 20.9. The lowest BCUT2D eigenvalue weighted by Crippen LogP contribution is -2.38. The summed E-state index contributed by atoms with van der Waals surface area (Å²) in [5.74, 6) is 0.592. The van der Waals surface area contributed by atoms with Crippen LogP contribution in [-0.2, 0) is 21.2 Å². The Bertz CT molecular complexity index is 821. The Morgan fingerprint density at radius 3 is 2.33 bits per heavy atom. The molecule has 0 aromatic heterocycles. The highest BCUT2D eigenvalue weighted by Crippen LogP contribution is 2.19. The number of hydrogen-bond donors (Lipinski definition) is 1. The highest BCUT2D eigenvalue weighted by atomic mass is 32.2. The minimum Gasteiger partial charge on any atom is -0.494 e. The predicted molar refractivity (Wildman–Crippen MR) is 108 cm³/mol. The van der Waals surface area contributed by atoms with Crippen molar-refractivity contribution in [3.05, 3.63) is 60.2 Å². The van der Waals surface area contributed by atoms with E-state index in [1.54, 1.807) is 24.3 Å². The molecule has 2 aromatic rings. The summed E-state index contributed by atoms with van der Waals surface area (Å²) in [6, 6.07) is 16.6. The molecule has 0 bridgehead atoms. The standard InChI is InChI=1S/C20H26N2O4S/c1-3-26-20-11-9-19(10-12-20)22(17(2)23)15-14-21-27(24,25)16-13-18-7-5-4-6-8-18/h4-12,21H,3,13-16H2,1-2H3. The van der Waals surface area contributed by atoms with E-state index in [2.05, 4.69) is 4.72 Å². The maximum atomic E-state index is 12.2. The number of benzene rings is 2. The minimum absolute atomic E-state index is 0.0140. The number of carbonyl (C=O) groups is 1. The van der Waals surface area contributed by atoms with Gasteiger partial charge in [-0.05, 0) is 43.2 Å². The van der Waals surface area contributed by atoms with Crippen LogP contribution in [0.15, 0.2) is 54.6 Å². The average molecular weight is 391 g/mol. The molecule has 1 amide bonds. The van der Waals surface area contributed by atoms with Crippen LogP contribution in [0.5, 0.6) is 5.75 Å². The smallest absolute Gasteiger partial charge is 0.223 e. The molecule has 2 rings (SSSR count). The summed E-state index contributed by atoms with van der Waals surface area (Å²) in [4.78, 5) is 13.5. The van der Waals surface area contributed by atoms with Gasteiger partial charge in [0.1, 0.15) is 5.75 Å². The number of sulfonamides is 1. The third kappa shape index (κ3) is 7.03. The van der Waals surface area contributed by atoms with Crippen LogP contribution in [0.25, 0.3) is 0 Å². The Morgan fingerprint density at radius 1 is 1.07 bits per heavy atom. The predicted octanol–water partition coefficient (Wildman–Crippen LogP) is 2.60. The fourth-order valence-corrected chi connectivity index (χ4v) is 3.69. The van der Waals surface area contributed by atoms with Gasteiger partial charge in [0.15, 0.2) is 0 Å². The summed E-state index contributed by atoms with van der Waals surface area (Å²) in [6.45, 7) is 4.35. The summed E-state index contributed by atoms with van der Waals surface area (Å²) in [6.07, 6.45) is 0.450. The maximum Gasteiger partial charge on any atom is 0.223 e. The van der Waals surface area contributed by atoms with E-state index in [1.807, 2.05) is 37.3 Å². The summed E-state index contributed by atoms with van der Waals surface area (Å²) >= 11 is 0. The van der Waals surface area contributed by atoms with Gasteiger partial charge in [0.25, 0.3) is 0 Å².